The van der Waals surface area contributed by atoms with Gasteiger partial charge in [0.15, 0.2) is 0 Å². The van der Waals surface area contributed by atoms with E-state index in [1.165, 1.54) is 0 Å². The Balaban J connectivity index is 2.59. The minimum Gasteiger partial charge on any atom is -0.374 e. The summed E-state index contributed by atoms with van der Waals surface area (Å²) in [6, 6.07) is -0.283. The van der Waals surface area contributed by atoms with E-state index in [4.69, 9.17) is 39.5 Å². The van der Waals surface area contributed by atoms with Crippen molar-refractivity contribution in [2.45, 2.75) is 9.83 Å². The summed E-state index contributed by atoms with van der Waals surface area (Å²) < 4.78 is 3.27. The van der Waals surface area contributed by atoms with Crippen molar-refractivity contribution < 1.29 is 9.53 Å². The number of halogens is 3. The summed E-state index contributed by atoms with van der Waals surface area (Å²) >= 11 is 16.2. The second kappa shape index (κ2) is 5.21. The quantitative estimate of drug-likeness (QED) is 0.779. The molecule has 0 spiro atoms. The van der Waals surface area contributed by atoms with Crippen LogP contribution in [0.2, 0.25) is 0 Å². The lowest BCUT2D eigenvalue weighted by molar-refractivity contribution is -0.121. The highest BCUT2D eigenvalue weighted by molar-refractivity contribution is 6.76. The first kappa shape index (κ1) is 12.8. The van der Waals surface area contributed by atoms with Crippen molar-refractivity contribution in [2.24, 2.45) is 0 Å². The number of alkyl halides is 3. The maximum absolute atomic E-state index is 11.3. The fraction of sp³-hybridized carbons (Fsp3) is 0.444. The molecule has 1 amide bonds. The third-order valence-corrected chi connectivity index (χ3v) is 2.33. The molecule has 0 bridgehead atoms. The molecule has 0 saturated carbocycles. The van der Waals surface area contributed by atoms with Gasteiger partial charge in [0.1, 0.15) is 0 Å². The average Bonchev–Trinajstić information content (AvgIpc) is 2.16. The summed E-state index contributed by atoms with van der Waals surface area (Å²) in [4.78, 5) is 11.3. The second-order valence-corrected chi connectivity index (χ2v) is 5.32. The molecule has 0 aromatic carbocycles. The summed E-state index contributed by atoms with van der Waals surface area (Å²) in [5, 5.41) is 2.54. The lowest BCUT2D eigenvalue weighted by Crippen LogP contribution is -2.44. The van der Waals surface area contributed by atoms with Gasteiger partial charge in [0.2, 0.25) is 0 Å². The van der Waals surface area contributed by atoms with Crippen molar-refractivity contribution in [3.63, 3.8) is 0 Å². The molecular formula is C9H10Cl3NO2. The number of rotatable bonds is 2. The molecule has 1 rings (SSSR count). The van der Waals surface area contributed by atoms with E-state index >= 15 is 0 Å². The van der Waals surface area contributed by atoms with Gasteiger partial charge in [-0.3, -0.25) is 4.79 Å². The Hall–Kier alpha value is -0.220. The highest BCUT2D eigenvalue weighted by Crippen LogP contribution is 2.26. The van der Waals surface area contributed by atoms with Gasteiger partial charge in [-0.05, 0) is 5.57 Å². The van der Waals surface area contributed by atoms with Crippen LogP contribution >= 0.6 is 34.8 Å². The smallest absolute Gasteiger partial charge is 0.272 e. The van der Waals surface area contributed by atoms with E-state index < -0.39 is 9.70 Å². The number of carbonyl (C=O) groups is 1. The minimum atomic E-state index is -1.94. The number of hydrogen-bond donors (Lipinski definition) is 1. The Morgan fingerprint density at radius 2 is 2.33 bits per heavy atom. The standard InChI is InChI=1S/C9H10Cl3NO2/c1-2-6-3-7(5-15-4-6)13-8(14)9(10,11)12/h2-3,7H,1,4-5H2,(H,13,14). The van der Waals surface area contributed by atoms with E-state index in [0.717, 1.165) is 5.57 Å². The van der Waals surface area contributed by atoms with E-state index in [0.29, 0.717) is 13.2 Å². The zero-order valence-corrected chi connectivity index (χ0v) is 10.1. The zero-order chi connectivity index (χ0) is 11.5. The molecule has 84 valence electrons. The Morgan fingerprint density at radius 1 is 1.67 bits per heavy atom. The maximum atomic E-state index is 11.3. The topological polar surface area (TPSA) is 38.3 Å². The van der Waals surface area contributed by atoms with Crippen molar-refractivity contribution in [1.29, 1.82) is 0 Å². The van der Waals surface area contributed by atoms with Crippen molar-refractivity contribution in [3.8, 4) is 0 Å². The second-order valence-electron chi connectivity index (χ2n) is 3.04. The predicted molar refractivity (Wildman–Crippen MR) is 61.3 cm³/mol. The van der Waals surface area contributed by atoms with Gasteiger partial charge < -0.3 is 10.1 Å². The molecule has 0 aliphatic carbocycles. The van der Waals surface area contributed by atoms with Gasteiger partial charge in [0, 0.05) is 0 Å². The molecule has 1 N–H and O–H groups in total. The average molecular weight is 271 g/mol. The van der Waals surface area contributed by atoms with Crippen LogP contribution in [0.25, 0.3) is 0 Å². The van der Waals surface area contributed by atoms with Gasteiger partial charge in [-0.15, -0.1) is 0 Å². The van der Waals surface area contributed by atoms with E-state index in [2.05, 4.69) is 11.9 Å². The molecule has 6 heteroatoms. The SMILES string of the molecule is C=CC1=CC(NC(=O)C(Cl)(Cl)Cl)COC1. The molecular weight excluding hydrogens is 260 g/mol. The Morgan fingerprint density at radius 3 is 2.87 bits per heavy atom. The van der Waals surface area contributed by atoms with Gasteiger partial charge in [0.25, 0.3) is 9.70 Å². The highest BCUT2D eigenvalue weighted by Gasteiger charge is 2.32. The first-order chi connectivity index (χ1) is 6.93. The first-order valence-corrected chi connectivity index (χ1v) is 5.35. The highest BCUT2D eigenvalue weighted by atomic mass is 35.6. The number of nitrogens with one attached hydrogen (secondary N) is 1. The lowest BCUT2D eigenvalue weighted by Gasteiger charge is -2.22. The van der Waals surface area contributed by atoms with Gasteiger partial charge >= 0.3 is 0 Å². The molecule has 1 heterocycles. The van der Waals surface area contributed by atoms with Crippen LogP contribution in [0, 0.1) is 0 Å². The summed E-state index contributed by atoms with van der Waals surface area (Å²) in [6.45, 7) is 4.46. The van der Waals surface area contributed by atoms with E-state index in [9.17, 15) is 4.79 Å². The molecule has 0 fully saturated rings. The summed E-state index contributed by atoms with van der Waals surface area (Å²) in [7, 11) is 0. The van der Waals surface area contributed by atoms with Crippen molar-refractivity contribution in [2.75, 3.05) is 13.2 Å². The summed E-state index contributed by atoms with van der Waals surface area (Å²) in [6.07, 6.45) is 3.48. The van der Waals surface area contributed by atoms with Gasteiger partial charge in [0.05, 0.1) is 19.3 Å². The van der Waals surface area contributed by atoms with Gasteiger partial charge in [-0.2, -0.15) is 0 Å². The van der Waals surface area contributed by atoms with Crippen LogP contribution in [0.15, 0.2) is 24.3 Å². The predicted octanol–water partition coefficient (Wildman–Crippen LogP) is 1.98. The Bertz CT molecular complexity index is 296. The normalized spacial score (nSPS) is 21.8. The fourth-order valence-corrected chi connectivity index (χ4v) is 1.28. The number of ether oxygens (including phenoxy) is 1. The lowest BCUT2D eigenvalue weighted by atomic mass is 10.1. The van der Waals surface area contributed by atoms with Crippen LogP contribution < -0.4 is 5.32 Å². The van der Waals surface area contributed by atoms with Crippen molar-refractivity contribution >= 4 is 40.7 Å². The van der Waals surface area contributed by atoms with E-state index in [1.54, 1.807) is 6.08 Å². The minimum absolute atomic E-state index is 0.283. The Labute approximate surface area is 103 Å². The van der Waals surface area contributed by atoms with Crippen molar-refractivity contribution in [1.82, 2.24) is 5.32 Å². The summed E-state index contributed by atoms with van der Waals surface area (Å²) in [5.41, 5.74) is 0.899. The molecule has 1 unspecified atom stereocenters. The van der Waals surface area contributed by atoms with Crippen LogP contribution in [-0.2, 0) is 9.53 Å². The molecule has 1 aliphatic heterocycles. The first-order valence-electron chi connectivity index (χ1n) is 4.22. The van der Waals surface area contributed by atoms with Gasteiger partial charge in [-0.1, -0.05) is 53.5 Å². The third kappa shape index (κ3) is 4.03. The molecule has 1 aliphatic rings. The van der Waals surface area contributed by atoms with Crippen LogP contribution in [-0.4, -0.2) is 29.0 Å². The molecule has 3 nitrogen and oxygen atoms in total. The van der Waals surface area contributed by atoms with Gasteiger partial charge in [-0.25, -0.2) is 0 Å². The molecule has 0 saturated heterocycles. The number of hydrogen-bond acceptors (Lipinski definition) is 2. The van der Waals surface area contributed by atoms with Crippen LogP contribution in [0.1, 0.15) is 0 Å². The zero-order valence-electron chi connectivity index (χ0n) is 7.80. The van der Waals surface area contributed by atoms with Crippen LogP contribution in [0.4, 0.5) is 0 Å². The maximum Gasteiger partial charge on any atom is 0.272 e. The fourth-order valence-electron chi connectivity index (χ4n) is 1.12. The molecule has 0 aromatic rings. The number of carbonyl (C=O) groups excluding carboxylic acids is 1. The Kier molecular flexibility index (Phi) is 4.46. The summed E-state index contributed by atoms with van der Waals surface area (Å²) in [5.74, 6) is -0.664. The van der Waals surface area contributed by atoms with E-state index in [1.807, 2.05) is 6.08 Å². The van der Waals surface area contributed by atoms with Crippen molar-refractivity contribution in [3.05, 3.63) is 24.3 Å². The van der Waals surface area contributed by atoms with Crippen LogP contribution in [0.5, 0.6) is 0 Å². The van der Waals surface area contributed by atoms with E-state index in [-0.39, 0.29) is 6.04 Å². The molecule has 0 aromatic heterocycles. The number of amides is 1. The third-order valence-electron chi connectivity index (χ3n) is 1.82. The molecule has 15 heavy (non-hydrogen) atoms. The van der Waals surface area contributed by atoms with Crippen LogP contribution in [0.3, 0.4) is 0 Å². The molecule has 1 atom stereocenters. The largest absolute Gasteiger partial charge is 0.374 e. The molecule has 0 radical (unpaired) electrons. The monoisotopic (exact) mass is 269 g/mol.